The van der Waals surface area contributed by atoms with E-state index in [2.05, 4.69) is 34.0 Å². The SMILES string of the molecule is Cc1nccc(NCC2CCN(C(C)C)CC2)n1.O=CO.O=CO. The average molecular weight is 340 g/mol. The summed E-state index contributed by atoms with van der Waals surface area (Å²) in [5.74, 6) is 2.55. The Balaban J connectivity index is 0.000000772. The summed E-state index contributed by atoms with van der Waals surface area (Å²) in [6.07, 6.45) is 4.39. The van der Waals surface area contributed by atoms with Crippen LogP contribution in [0, 0.1) is 12.8 Å². The molecule has 1 fully saturated rings. The lowest BCUT2D eigenvalue weighted by atomic mass is 9.96. The summed E-state index contributed by atoms with van der Waals surface area (Å²) >= 11 is 0. The highest BCUT2D eigenvalue weighted by Gasteiger charge is 2.20. The second kappa shape index (κ2) is 13.2. The number of carbonyl (C=O) groups is 2. The van der Waals surface area contributed by atoms with E-state index in [9.17, 15) is 0 Å². The first-order valence-electron chi connectivity index (χ1n) is 7.91. The molecule has 3 N–H and O–H groups in total. The van der Waals surface area contributed by atoms with Gasteiger partial charge in [0.25, 0.3) is 12.9 Å². The van der Waals surface area contributed by atoms with Crippen molar-refractivity contribution in [3.8, 4) is 0 Å². The van der Waals surface area contributed by atoms with Crippen LogP contribution >= 0.6 is 0 Å². The normalized spacial score (nSPS) is 14.7. The quantitative estimate of drug-likeness (QED) is 0.710. The van der Waals surface area contributed by atoms with Gasteiger partial charge in [-0.15, -0.1) is 0 Å². The lowest BCUT2D eigenvalue weighted by Gasteiger charge is -2.34. The lowest BCUT2D eigenvalue weighted by Crippen LogP contribution is -2.39. The third kappa shape index (κ3) is 9.73. The van der Waals surface area contributed by atoms with Crippen molar-refractivity contribution < 1.29 is 19.8 Å². The highest BCUT2D eigenvalue weighted by molar-refractivity contribution is 5.33. The predicted octanol–water partition coefficient (Wildman–Crippen LogP) is 1.72. The van der Waals surface area contributed by atoms with Crippen molar-refractivity contribution in [1.29, 1.82) is 0 Å². The molecule has 0 unspecified atom stereocenters. The van der Waals surface area contributed by atoms with Crippen LogP contribution in [-0.2, 0) is 9.59 Å². The molecule has 136 valence electrons. The highest BCUT2D eigenvalue weighted by Crippen LogP contribution is 2.19. The molecule has 0 radical (unpaired) electrons. The summed E-state index contributed by atoms with van der Waals surface area (Å²) in [7, 11) is 0. The van der Waals surface area contributed by atoms with Crippen molar-refractivity contribution in [2.45, 2.75) is 39.7 Å². The Labute approximate surface area is 142 Å². The fourth-order valence-corrected chi connectivity index (χ4v) is 2.48. The van der Waals surface area contributed by atoms with E-state index in [-0.39, 0.29) is 12.9 Å². The van der Waals surface area contributed by atoms with Gasteiger partial charge in [0.1, 0.15) is 11.6 Å². The van der Waals surface area contributed by atoms with Gasteiger partial charge in [0.05, 0.1) is 0 Å². The van der Waals surface area contributed by atoms with E-state index in [1.165, 1.54) is 25.9 Å². The number of aryl methyl sites for hydroxylation is 1. The summed E-state index contributed by atoms with van der Waals surface area (Å²) < 4.78 is 0. The molecule has 1 aliphatic heterocycles. The molecule has 0 aromatic carbocycles. The monoisotopic (exact) mass is 340 g/mol. The molecule has 1 aromatic heterocycles. The number of hydrogen-bond donors (Lipinski definition) is 3. The van der Waals surface area contributed by atoms with Gasteiger partial charge in [0.2, 0.25) is 0 Å². The molecule has 8 heteroatoms. The minimum atomic E-state index is -0.250. The minimum Gasteiger partial charge on any atom is -0.483 e. The summed E-state index contributed by atoms with van der Waals surface area (Å²) in [4.78, 5) is 27.8. The molecule has 0 bridgehead atoms. The molecule has 0 atom stereocenters. The highest BCUT2D eigenvalue weighted by atomic mass is 16.3. The molecule has 0 aliphatic carbocycles. The molecular weight excluding hydrogens is 312 g/mol. The molecule has 2 heterocycles. The zero-order chi connectivity index (χ0) is 18.4. The molecule has 8 nitrogen and oxygen atoms in total. The van der Waals surface area contributed by atoms with Gasteiger partial charge in [-0.2, -0.15) is 0 Å². The largest absolute Gasteiger partial charge is 0.483 e. The average Bonchev–Trinajstić information content (AvgIpc) is 2.55. The van der Waals surface area contributed by atoms with Crippen molar-refractivity contribution in [1.82, 2.24) is 14.9 Å². The molecule has 24 heavy (non-hydrogen) atoms. The van der Waals surface area contributed by atoms with E-state index < -0.39 is 0 Å². The molecule has 0 saturated carbocycles. The van der Waals surface area contributed by atoms with Crippen LogP contribution in [0.4, 0.5) is 5.82 Å². The van der Waals surface area contributed by atoms with E-state index in [0.29, 0.717) is 6.04 Å². The van der Waals surface area contributed by atoms with Gasteiger partial charge in [0.15, 0.2) is 0 Å². The zero-order valence-electron chi connectivity index (χ0n) is 14.6. The Bertz CT molecular complexity index is 457. The fraction of sp³-hybridized carbons (Fsp3) is 0.625. The number of carboxylic acid groups (broad SMARTS) is 2. The number of nitrogens with one attached hydrogen (secondary N) is 1. The molecule has 0 amide bonds. The number of likely N-dealkylation sites (tertiary alicyclic amines) is 1. The van der Waals surface area contributed by atoms with Crippen LogP contribution in [0.15, 0.2) is 12.3 Å². The first kappa shape index (κ1) is 21.8. The Morgan fingerprint density at radius 3 is 2.29 bits per heavy atom. The van der Waals surface area contributed by atoms with Gasteiger partial charge in [-0.3, -0.25) is 9.59 Å². The zero-order valence-corrected chi connectivity index (χ0v) is 14.6. The number of nitrogens with zero attached hydrogens (tertiary/aromatic N) is 3. The Morgan fingerprint density at radius 2 is 1.83 bits per heavy atom. The van der Waals surface area contributed by atoms with Crippen molar-refractivity contribution in [3.05, 3.63) is 18.1 Å². The standard InChI is InChI=1S/C14H24N4.2CH2O2/c1-11(2)18-8-5-13(6-9-18)10-16-14-4-7-15-12(3)17-14;2*2-1-3/h4,7,11,13H,5-6,8-10H2,1-3H3,(H,15,16,17);2*1H,(H,2,3). The van der Waals surface area contributed by atoms with E-state index in [4.69, 9.17) is 19.8 Å². The van der Waals surface area contributed by atoms with E-state index in [0.717, 1.165) is 24.1 Å². The maximum Gasteiger partial charge on any atom is 0.290 e. The van der Waals surface area contributed by atoms with Crippen LogP contribution < -0.4 is 5.32 Å². The van der Waals surface area contributed by atoms with Crippen LogP contribution in [0.25, 0.3) is 0 Å². The van der Waals surface area contributed by atoms with Gasteiger partial charge >= 0.3 is 0 Å². The third-order valence-electron chi connectivity index (χ3n) is 3.73. The smallest absolute Gasteiger partial charge is 0.290 e. The molecular formula is C16H28N4O4. The number of hydrogen-bond acceptors (Lipinski definition) is 6. The van der Waals surface area contributed by atoms with Crippen LogP contribution in [0.5, 0.6) is 0 Å². The molecule has 1 saturated heterocycles. The van der Waals surface area contributed by atoms with Crippen molar-refractivity contribution in [2.75, 3.05) is 25.0 Å². The number of anilines is 1. The van der Waals surface area contributed by atoms with Crippen LogP contribution in [0.2, 0.25) is 0 Å². The second-order valence-electron chi connectivity index (χ2n) is 5.65. The summed E-state index contributed by atoms with van der Waals surface area (Å²) in [5.41, 5.74) is 0. The molecule has 2 rings (SSSR count). The maximum atomic E-state index is 8.36. The second-order valence-corrected chi connectivity index (χ2v) is 5.65. The topological polar surface area (TPSA) is 116 Å². The van der Waals surface area contributed by atoms with Crippen LogP contribution in [0.1, 0.15) is 32.5 Å². The van der Waals surface area contributed by atoms with Gasteiger partial charge in [-0.05, 0) is 58.7 Å². The minimum absolute atomic E-state index is 0.250. The summed E-state index contributed by atoms with van der Waals surface area (Å²) in [6.45, 7) is 9.47. The molecule has 0 spiro atoms. The van der Waals surface area contributed by atoms with Gasteiger partial charge in [-0.25, -0.2) is 9.97 Å². The lowest BCUT2D eigenvalue weighted by molar-refractivity contribution is -0.123. The van der Waals surface area contributed by atoms with E-state index in [1.54, 1.807) is 0 Å². The summed E-state index contributed by atoms with van der Waals surface area (Å²) in [5, 5.41) is 17.2. The Kier molecular flexibility index (Phi) is 12.0. The fourth-order valence-electron chi connectivity index (χ4n) is 2.48. The number of piperidine rings is 1. The van der Waals surface area contributed by atoms with Gasteiger partial charge < -0.3 is 20.4 Å². The van der Waals surface area contributed by atoms with Gasteiger partial charge in [-0.1, -0.05) is 0 Å². The first-order valence-corrected chi connectivity index (χ1v) is 7.91. The van der Waals surface area contributed by atoms with E-state index in [1.807, 2.05) is 19.2 Å². The third-order valence-corrected chi connectivity index (χ3v) is 3.73. The van der Waals surface area contributed by atoms with Gasteiger partial charge in [0, 0.05) is 18.8 Å². The van der Waals surface area contributed by atoms with Crippen LogP contribution in [0.3, 0.4) is 0 Å². The summed E-state index contributed by atoms with van der Waals surface area (Å²) in [6, 6.07) is 2.62. The molecule has 1 aromatic rings. The number of aromatic nitrogens is 2. The Morgan fingerprint density at radius 1 is 1.29 bits per heavy atom. The predicted molar refractivity (Wildman–Crippen MR) is 92.1 cm³/mol. The first-order chi connectivity index (χ1) is 11.5. The molecule has 1 aliphatic rings. The van der Waals surface area contributed by atoms with E-state index >= 15 is 0 Å². The van der Waals surface area contributed by atoms with Crippen LogP contribution in [-0.4, -0.2) is 63.7 Å². The maximum absolute atomic E-state index is 8.36. The Hall–Kier alpha value is -2.22. The van der Waals surface area contributed by atoms with Crippen molar-refractivity contribution in [2.24, 2.45) is 5.92 Å². The number of rotatable bonds is 4. The van der Waals surface area contributed by atoms with Crippen molar-refractivity contribution in [3.63, 3.8) is 0 Å². The van der Waals surface area contributed by atoms with Crippen molar-refractivity contribution >= 4 is 18.8 Å².